The van der Waals surface area contributed by atoms with Gasteiger partial charge in [0.25, 0.3) is 5.56 Å². The minimum atomic E-state index is -0.252. The summed E-state index contributed by atoms with van der Waals surface area (Å²) in [5, 5.41) is 3.14. The third kappa shape index (κ3) is 3.48. The van der Waals surface area contributed by atoms with E-state index < -0.39 is 0 Å². The van der Waals surface area contributed by atoms with Crippen molar-refractivity contribution in [2.24, 2.45) is 5.92 Å². The Balaban J connectivity index is 3.02. The van der Waals surface area contributed by atoms with Crippen molar-refractivity contribution in [2.75, 3.05) is 11.2 Å². The summed E-state index contributed by atoms with van der Waals surface area (Å²) in [7, 11) is 0. The number of nitrogens with one attached hydrogen (secondary N) is 1. The Kier molecular flexibility index (Phi) is 4.79. The van der Waals surface area contributed by atoms with Crippen LogP contribution < -0.4 is 10.9 Å². The molecule has 0 aromatic carbocycles. The lowest BCUT2D eigenvalue weighted by Gasteiger charge is -2.24. The Hall–Kier alpha value is -1.03. The van der Waals surface area contributed by atoms with Crippen molar-refractivity contribution in [2.45, 2.75) is 46.2 Å². The third-order valence-corrected chi connectivity index (χ3v) is 3.51. The molecule has 2 unspecified atom stereocenters. The van der Waals surface area contributed by atoms with Gasteiger partial charge in [0.2, 0.25) is 0 Å². The second-order valence-corrected chi connectivity index (χ2v) is 6.00. The highest BCUT2D eigenvalue weighted by Gasteiger charge is 2.18. The summed E-state index contributed by atoms with van der Waals surface area (Å²) < 4.78 is 1.68. The van der Waals surface area contributed by atoms with E-state index >= 15 is 0 Å². The Morgan fingerprint density at radius 2 is 2.06 bits per heavy atom. The highest BCUT2D eigenvalue weighted by Crippen LogP contribution is 2.12. The van der Waals surface area contributed by atoms with Crippen molar-refractivity contribution < 1.29 is 0 Å². The summed E-state index contributed by atoms with van der Waals surface area (Å²) in [6.45, 7) is 10.0. The molecular formula is C13H22ClN3O. The predicted molar refractivity (Wildman–Crippen MR) is 76.5 cm³/mol. The molecule has 1 rings (SSSR count). The molecule has 0 aliphatic carbocycles. The van der Waals surface area contributed by atoms with E-state index in [2.05, 4.69) is 10.3 Å². The van der Waals surface area contributed by atoms with Gasteiger partial charge < -0.3 is 9.88 Å². The molecule has 0 saturated carbocycles. The largest absolute Gasteiger partial charge is 0.363 e. The summed E-state index contributed by atoms with van der Waals surface area (Å²) in [5.74, 6) is 1.21. The molecule has 18 heavy (non-hydrogen) atoms. The lowest BCUT2D eigenvalue weighted by molar-refractivity contribution is 0.382. The zero-order chi connectivity index (χ0) is 13.9. The number of hydrogen-bond donors (Lipinski definition) is 1. The summed E-state index contributed by atoms with van der Waals surface area (Å²) in [4.78, 5) is 16.4. The van der Waals surface area contributed by atoms with E-state index in [1.807, 2.05) is 34.6 Å². The highest BCUT2D eigenvalue weighted by molar-refractivity contribution is 6.18. The number of anilines is 1. The van der Waals surface area contributed by atoms with E-state index in [-0.39, 0.29) is 23.1 Å². The molecular weight excluding hydrogens is 250 g/mol. The summed E-state index contributed by atoms with van der Waals surface area (Å²) in [6, 6.07) is 0.110. The molecule has 4 nitrogen and oxygen atoms in total. The molecule has 5 heteroatoms. The molecule has 1 aromatic heterocycles. The van der Waals surface area contributed by atoms with E-state index in [1.54, 1.807) is 17.0 Å². The first-order chi connectivity index (χ1) is 8.27. The molecule has 1 heterocycles. The van der Waals surface area contributed by atoms with Crippen LogP contribution in [0.1, 0.15) is 34.6 Å². The van der Waals surface area contributed by atoms with Gasteiger partial charge in [-0.3, -0.25) is 4.79 Å². The fourth-order valence-electron chi connectivity index (χ4n) is 1.53. The molecule has 0 fully saturated rings. The summed E-state index contributed by atoms with van der Waals surface area (Å²) in [6.07, 6.45) is 3.36. The first-order valence-corrected chi connectivity index (χ1v) is 6.71. The van der Waals surface area contributed by atoms with Gasteiger partial charge in [0.05, 0.1) is 0 Å². The maximum Gasteiger partial charge on any atom is 0.293 e. The van der Waals surface area contributed by atoms with Gasteiger partial charge in [-0.1, -0.05) is 6.92 Å². The minimum absolute atomic E-state index is 0.0985. The lowest BCUT2D eigenvalue weighted by Crippen LogP contribution is -2.37. The molecule has 1 aromatic rings. The van der Waals surface area contributed by atoms with Crippen molar-refractivity contribution >= 4 is 17.4 Å². The zero-order valence-electron chi connectivity index (χ0n) is 11.7. The second-order valence-electron chi connectivity index (χ2n) is 5.69. The van der Waals surface area contributed by atoms with Gasteiger partial charge in [0.1, 0.15) is 0 Å². The molecule has 0 saturated heterocycles. The van der Waals surface area contributed by atoms with Crippen LogP contribution in [-0.4, -0.2) is 21.5 Å². The molecule has 1 N–H and O–H groups in total. The Bertz CT molecular complexity index is 450. The normalized spacial score (nSPS) is 15.2. The van der Waals surface area contributed by atoms with E-state index in [4.69, 9.17) is 11.6 Å². The summed E-state index contributed by atoms with van der Waals surface area (Å²) >= 11 is 5.81. The molecule has 0 bridgehead atoms. The van der Waals surface area contributed by atoms with Crippen LogP contribution in [0.4, 0.5) is 5.82 Å². The number of nitrogens with zero attached hydrogens (tertiary/aromatic N) is 2. The van der Waals surface area contributed by atoms with Crippen LogP contribution in [0.15, 0.2) is 17.2 Å². The number of aromatic nitrogens is 2. The molecule has 0 amide bonds. The second kappa shape index (κ2) is 5.74. The molecule has 0 aliphatic heterocycles. The van der Waals surface area contributed by atoms with Crippen LogP contribution in [0.2, 0.25) is 0 Å². The van der Waals surface area contributed by atoms with Gasteiger partial charge in [-0.2, -0.15) is 0 Å². The van der Waals surface area contributed by atoms with Gasteiger partial charge in [-0.25, -0.2) is 4.98 Å². The van der Waals surface area contributed by atoms with Gasteiger partial charge in [0.15, 0.2) is 5.82 Å². The Morgan fingerprint density at radius 3 is 2.56 bits per heavy atom. The highest BCUT2D eigenvalue weighted by atomic mass is 35.5. The van der Waals surface area contributed by atoms with Crippen molar-refractivity contribution in [3.8, 4) is 0 Å². The molecule has 0 spiro atoms. The summed E-state index contributed by atoms with van der Waals surface area (Å²) in [5.41, 5.74) is -0.351. The molecule has 0 aliphatic rings. The van der Waals surface area contributed by atoms with Gasteiger partial charge in [0, 0.05) is 29.9 Å². The quantitative estimate of drug-likeness (QED) is 0.857. The van der Waals surface area contributed by atoms with E-state index in [0.717, 1.165) is 0 Å². The smallest absolute Gasteiger partial charge is 0.293 e. The Morgan fingerprint density at radius 1 is 1.44 bits per heavy atom. The molecule has 2 atom stereocenters. The first kappa shape index (κ1) is 15.0. The monoisotopic (exact) mass is 271 g/mol. The topological polar surface area (TPSA) is 46.9 Å². The molecule has 0 radical (unpaired) electrons. The van der Waals surface area contributed by atoms with Gasteiger partial charge in [-0.15, -0.1) is 11.6 Å². The van der Waals surface area contributed by atoms with E-state index in [1.165, 1.54) is 0 Å². The van der Waals surface area contributed by atoms with Crippen LogP contribution in [0.25, 0.3) is 0 Å². The number of alkyl halides is 1. The number of halogens is 1. The van der Waals surface area contributed by atoms with E-state index in [9.17, 15) is 4.79 Å². The minimum Gasteiger partial charge on any atom is -0.363 e. The van der Waals surface area contributed by atoms with Gasteiger partial charge in [-0.05, 0) is 33.6 Å². The van der Waals surface area contributed by atoms with Crippen molar-refractivity contribution in [1.29, 1.82) is 0 Å². The van der Waals surface area contributed by atoms with Crippen molar-refractivity contribution in [1.82, 2.24) is 9.55 Å². The Labute approximate surface area is 113 Å². The SMILES string of the molecule is CC(CCl)C(C)Nc1nccn(C(C)(C)C)c1=O. The lowest BCUT2D eigenvalue weighted by atomic mass is 10.1. The maximum atomic E-state index is 12.3. The third-order valence-electron chi connectivity index (χ3n) is 3.02. The molecule has 102 valence electrons. The fourth-order valence-corrected chi connectivity index (χ4v) is 1.80. The number of rotatable bonds is 4. The van der Waals surface area contributed by atoms with Crippen LogP contribution >= 0.6 is 11.6 Å². The van der Waals surface area contributed by atoms with Crippen molar-refractivity contribution in [3.05, 3.63) is 22.7 Å². The van der Waals surface area contributed by atoms with Crippen LogP contribution in [0.3, 0.4) is 0 Å². The average molecular weight is 272 g/mol. The zero-order valence-corrected chi connectivity index (χ0v) is 12.5. The standard InChI is InChI=1S/C13H22ClN3O/c1-9(8-14)10(2)16-11-12(18)17(7-6-15-11)13(3,4)5/h6-7,9-10H,8H2,1-5H3,(H,15,16). The average Bonchev–Trinajstić information content (AvgIpc) is 2.29. The van der Waals surface area contributed by atoms with Gasteiger partial charge >= 0.3 is 0 Å². The first-order valence-electron chi connectivity index (χ1n) is 6.18. The van der Waals surface area contributed by atoms with Crippen molar-refractivity contribution in [3.63, 3.8) is 0 Å². The van der Waals surface area contributed by atoms with Crippen LogP contribution in [0.5, 0.6) is 0 Å². The number of hydrogen-bond acceptors (Lipinski definition) is 3. The predicted octanol–water partition coefficient (Wildman–Crippen LogP) is 2.67. The van der Waals surface area contributed by atoms with Crippen LogP contribution in [-0.2, 0) is 5.54 Å². The van der Waals surface area contributed by atoms with E-state index in [0.29, 0.717) is 11.7 Å². The maximum absolute atomic E-state index is 12.3. The van der Waals surface area contributed by atoms with Crippen LogP contribution in [0, 0.1) is 5.92 Å². The fraction of sp³-hybridized carbons (Fsp3) is 0.692.